The van der Waals surface area contributed by atoms with Crippen LogP contribution in [0.3, 0.4) is 0 Å². The molecule has 0 fully saturated rings. The maximum atomic E-state index is 12.3. The maximum Gasteiger partial charge on any atom is 0.261 e. The van der Waals surface area contributed by atoms with Crippen LogP contribution >= 0.6 is 0 Å². The van der Waals surface area contributed by atoms with E-state index in [4.69, 9.17) is 4.74 Å². The Balaban J connectivity index is 2.34. The fourth-order valence-electron chi connectivity index (χ4n) is 1.68. The number of carbonyl (C=O) groups is 1. The molecule has 0 bridgehead atoms. The number of nitrogens with zero attached hydrogens (tertiary/aromatic N) is 2. The first-order chi connectivity index (χ1) is 9.13. The molecular weight excluding hydrogens is 244 g/mol. The van der Waals surface area contributed by atoms with Crippen molar-refractivity contribution in [3.63, 3.8) is 0 Å². The Morgan fingerprint density at radius 1 is 1.26 bits per heavy atom. The van der Waals surface area contributed by atoms with Gasteiger partial charge in [-0.05, 0) is 30.3 Å². The number of ether oxygens (including phenoxy) is 1. The van der Waals surface area contributed by atoms with Crippen LogP contribution in [0.2, 0.25) is 0 Å². The normalized spacial score (nSPS) is 10.0. The number of phenols is 1. The van der Waals surface area contributed by atoms with Crippen LogP contribution < -0.4 is 9.64 Å². The van der Waals surface area contributed by atoms with Gasteiger partial charge in [-0.25, -0.2) is 0 Å². The van der Waals surface area contributed by atoms with Gasteiger partial charge in [0.1, 0.15) is 11.5 Å². The molecule has 5 nitrogen and oxygen atoms in total. The van der Waals surface area contributed by atoms with Crippen molar-refractivity contribution in [1.82, 2.24) is 4.98 Å². The lowest BCUT2D eigenvalue weighted by atomic mass is 10.1. The number of methoxy groups -OCH3 is 1. The molecule has 0 radical (unpaired) electrons. The highest BCUT2D eigenvalue weighted by atomic mass is 16.5. The monoisotopic (exact) mass is 258 g/mol. The number of carbonyl (C=O) groups excluding carboxylic acids is 1. The second kappa shape index (κ2) is 5.39. The molecule has 1 aromatic carbocycles. The van der Waals surface area contributed by atoms with E-state index in [9.17, 15) is 9.90 Å². The lowest BCUT2D eigenvalue weighted by molar-refractivity contribution is 0.0990. The van der Waals surface area contributed by atoms with Gasteiger partial charge in [-0.1, -0.05) is 0 Å². The van der Waals surface area contributed by atoms with Gasteiger partial charge in [-0.15, -0.1) is 0 Å². The zero-order valence-electron chi connectivity index (χ0n) is 10.7. The fraction of sp³-hybridized carbons (Fsp3) is 0.143. The first-order valence-electron chi connectivity index (χ1n) is 5.68. The van der Waals surface area contributed by atoms with Gasteiger partial charge >= 0.3 is 0 Å². The Morgan fingerprint density at radius 3 is 2.58 bits per heavy atom. The number of aromatic nitrogens is 1. The summed E-state index contributed by atoms with van der Waals surface area (Å²) in [5.74, 6) is 0.124. The van der Waals surface area contributed by atoms with Gasteiger partial charge in [0.2, 0.25) is 0 Å². The molecule has 0 saturated heterocycles. The third-order valence-electron chi connectivity index (χ3n) is 2.79. The summed E-state index contributed by atoms with van der Waals surface area (Å²) in [6, 6.07) is 7.98. The van der Waals surface area contributed by atoms with Crippen molar-refractivity contribution in [2.75, 3.05) is 19.1 Å². The molecule has 0 aliphatic heterocycles. The number of aromatic hydroxyl groups is 1. The quantitative estimate of drug-likeness (QED) is 0.915. The van der Waals surface area contributed by atoms with Crippen molar-refractivity contribution < 1.29 is 14.6 Å². The van der Waals surface area contributed by atoms with Crippen LogP contribution in [0.25, 0.3) is 0 Å². The number of hydrogen-bond donors (Lipinski definition) is 1. The van der Waals surface area contributed by atoms with Gasteiger partial charge in [0.15, 0.2) is 0 Å². The third-order valence-corrected chi connectivity index (χ3v) is 2.79. The molecule has 2 rings (SSSR count). The van der Waals surface area contributed by atoms with Crippen LogP contribution in [0.5, 0.6) is 11.5 Å². The van der Waals surface area contributed by atoms with Crippen molar-refractivity contribution in [3.8, 4) is 11.5 Å². The lowest BCUT2D eigenvalue weighted by Gasteiger charge is -2.18. The van der Waals surface area contributed by atoms with E-state index in [2.05, 4.69) is 4.98 Å². The van der Waals surface area contributed by atoms with Crippen LogP contribution in [-0.2, 0) is 0 Å². The molecule has 1 amide bonds. The topological polar surface area (TPSA) is 62.7 Å². The van der Waals surface area contributed by atoms with Crippen molar-refractivity contribution in [1.29, 1.82) is 0 Å². The predicted octanol–water partition coefficient (Wildman–Crippen LogP) is 2.07. The third kappa shape index (κ3) is 2.65. The smallest absolute Gasteiger partial charge is 0.261 e. The molecule has 1 N–H and O–H groups in total. The molecule has 0 aliphatic carbocycles. The molecular formula is C14H14N2O3. The summed E-state index contributed by atoms with van der Waals surface area (Å²) >= 11 is 0. The summed E-state index contributed by atoms with van der Waals surface area (Å²) in [6.07, 6.45) is 3.20. The molecule has 0 aliphatic rings. The number of pyridine rings is 1. The minimum absolute atomic E-state index is 0.0771. The summed E-state index contributed by atoms with van der Waals surface area (Å²) in [7, 11) is 3.14. The summed E-state index contributed by atoms with van der Waals surface area (Å²) in [5.41, 5.74) is 0.890. The predicted molar refractivity (Wildman–Crippen MR) is 71.6 cm³/mol. The van der Waals surface area contributed by atoms with E-state index in [0.29, 0.717) is 11.4 Å². The van der Waals surface area contributed by atoms with Gasteiger partial charge in [0, 0.05) is 25.1 Å². The highest BCUT2D eigenvalue weighted by Crippen LogP contribution is 2.25. The zero-order chi connectivity index (χ0) is 13.8. The fourth-order valence-corrected chi connectivity index (χ4v) is 1.68. The highest BCUT2D eigenvalue weighted by molar-refractivity contribution is 6.07. The molecule has 0 saturated carbocycles. The van der Waals surface area contributed by atoms with Gasteiger partial charge in [-0.3, -0.25) is 9.78 Å². The Kier molecular flexibility index (Phi) is 3.66. The average Bonchev–Trinajstić information content (AvgIpc) is 2.47. The number of rotatable bonds is 3. The number of amides is 1. The SMILES string of the molecule is COc1ccc(O)c(C(=O)N(C)c2ccncc2)c1. The molecule has 1 heterocycles. The molecule has 5 heteroatoms. The maximum absolute atomic E-state index is 12.3. The van der Waals surface area contributed by atoms with Crippen LogP contribution in [-0.4, -0.2) is 30.2 Å². The molecule has 0 unspecified atom stereocenters. The Labute approximate surface area is 111 Å². The van der Waals surface area contributed by atoms with Crippen molar-refractivity contribution in [2.24, 2.45) is 0 Å². The first kappa shape index (κ1) is 12.9. The van der Waals surface area contributed by atoms with E-state index in [1.165, 1.54) is 24.1 Å². The average molecular weight is 258 g/mol. The number of hydrogen-bond acceptors (Lipinski definition) is 4. The molecule has 2 aromatic rings. The van der Waals surface area contributed by atoms with Gasteiger partial charge in [0.25, 0.3) is 5.91 Å². The number of anilines is 1. The van der Waals surface area contributed by atoms with Crippen LogP contribution in [0.15, 0.2) is 42.7 Å². The second-order valence-electron chi connectivity index (χ2n) is 3.95. The first-order valence-corrected chi connectivity index (χ1v) is 5.68. The van der Waals surface area contributed by atoms with E-state index < -0.39 is 0 Å². The minimum atomic E-state index is -0.317. The molecule has 1 aromatic heterocycles. The van der Waals surface area contributed by atoms with Crippen molar-refractivity contribution in [2.45, 2.75) is 0 Å². The molecule has 19 heavy (non-hydrogen) atoms. The molecule has 0 spiro atoms. The Bertz CT molecular complexity index is 584. The summed E-state index contributed by atoms with van der Waals surface area (Å²) in [6.45, 7) is 0. The second-order valence-corrected chi connectivity index (χ2v) is 3.95. The summed E-state index contributed by atoms with van der Waals surface area (Å²) in [5, 5.41) is 9.78. The lowest BCUT2D eigenvalue weighted by Crippen LogP contribution is -2.26. The van der Waals surface area contributed by atoms with E-state index in [0.717, 1.165) is 0 Å². The van der Waals surface area contributed by atoms with Gasteiger partial charge in [-0.2, -0.15) is 0 Å². The highest BCUT2D eigenvalue weighted by Gasteiger charge is 2.17. The zero-order valence-corrected chi connectivity index (χ0v) is 10.7. The van der Waals surface area contributed by atoms with Crippen molar-refractivity contribution in [3.05, 3.63) is 48.3 Å². The molecule has 0 atom stereocenters. The van der Waals surface area contributed by atoms with Gasteiger partial charge in [0.05, 0.1) is 12.7 Å². The largest absolute Gasteiger partial charge is 0.507 e. The van der Waals surface area contributed by atoms with E-state index in [1.807, 2.05) is 0 Å². The van der Waals surface area contributed by atoms with Gasteiger partial charge < -0.3 is 14.7 Å². The van der Waals surface area contributed by atoms with E-state index in [-0.39, 0.29) is 17.2 Å². The minimum Gasteiger partial charge on any atom is -0.507 e. The number of benzene rings is 1. The Morgan fingerprint density at radius 2 is 1.95 bits per heavy atom. The molecule has 98 valence electrons. The van der Waals surface area contributed by atoms with Crippen LogP contribution in [0, 0.1) is 0 Å². The summed E-state index contributed by atoms with van der Waals surface area (Å²) in [4.78, 5) is 17.7. The summed E-state index contributed by atoms with van der Waals surface area (Å²) < 4.78 is 5.05. The van der Waals surface area contributed by atoms with Crippen LogP contribution in [0.1, 0.15) is 10.4 Å². The number of phenolic OH excluding ortho intramolecular Hbond substituents is 1. The standard InChI is InChI=1S/C14H14N2O3/c1-16(10-5-7-15-8-6-10)14(18)12-9-11(19-2)3-4-13(12)17/h3-9,17H,1-2H3. The van der Waals surface area contributed by atoms with E-state index >= 15 is 0 Å². The van der Waals surface area contributed by atoms with Crippen LogP contribution in [0.4, 0.5) is 5.69 Å². The van der Waals surface area contributed by atoms with E-state index in [1.54, 1.807) is 37.6 Å². The Hall–Kier alpha value is -2.56. The van der Waals surface area contributed by atoms with Crippen molar-refractivity contribution >= 4 is 11.6 Å².